The Kier molecular flexibility index (Phi) is 6.23. The number of guanidine groups is 1. The molecule has 1 atom stereocenters. The van der Waals surface area contributed by atoms with Gasteiger partial charge in [-0.15, -0.1) is 0 Å². The largest absolute Gasteiger partial charge is 0.376 e. The molecule has 2 N–H and O–H groups in total. The molecule has 0 amide bonds. The third kappa shape index (κ3) is 4.39. The van der Waals surface area contributed by atoms with E-state index in [2.05, 4.69) is 23.7 Å². The summed E-state index contributed by atoms with van der Waals surface area (Å²) in [4.78, 5) is 6.50. The molecule has 0 aromatic rings. The second-order valence-electron chi connectivity index (χ2n) is 4.32. The van der Waals surface area contributed by atoms with Gasteiger partial charge in [0.15, 0.2) is 5.96 Å². The fourth-order valence-corrected chi connectivity index (χ4v) is 1.89. The molecule has 4 nitrogen and oxygen atoms in total. The minimum absolute atomic E-state index is 0.337. The summed E-state index contributed by atoms with van der Waals surface area (Å²) in [6.07, 6.45) is 4.76. The SMILES string of the molecule is CCCN=C(N)N1CCCC(OCCC)C1. The van der Waals surface area contributed by atoms with E-state index in [1.807, 2.05) is 0 Å². The normalized spacial score (nSPS) is 22.5. The monoisotopic (exact) mass is 227 g/mol. The van der Waals surface area contributed by atoms with Gasteiger partial charge in [-0.2, -0.15) is 0 Å². The lowest BCUT2D eigenvalue weighted by molar-refractivity contribution is 0.0162. The van der Waals surface area contributed by atoms with Gasteiger partial charge in [-0.25, -0.2) is 0 Å². The van der Waals surface area contributed by atoms with Crippen LogP contribution in [0.4, 0.5) is 0 Å². The summed E-state index contributed by atoms with van der Waals surface area (Å²) in [5.74, 6) is 0.687. The molecule has 1 rings (SSSR count). The van der Waals surface area contributed by atoms with Crippen LogP contribution in [0.3, 0.4) is 0 Å². The van der Waals surface area contributed by atoms with Crippen LogP contribution in [0.2, 0.25) is 0 Å². The average Bonchev–Trinajstić information content (AvgIpc) is 2.33. The third-order valence-electron chi connectivity index (χ3n) is 2.76. The van der Waals surface area contributed by atoms with Gasteiger partial charge in [-0.05, 0) is 25.7 Å². The Balaban J connectivity index is 2.37. The zero-order valence-corrected chi connectivity index (χ0v) is 10.6. The van der Waals surface area contributed by atoms with Crippen molar-refractivity contribution >= 4 is 5.96 Å². The molecule has 16 heavy (non-hydrogen) atoms. The molecule has 0 bridgehead atoms. The van der Waals surface area contributed by atoms with E-state index in [0.29, 0.717) is 12.1 Å². The van der Waals surface area contributed by atoms with Gasteiger partial charge < -0.3 is 15.4 Å². The molecule has 1 aliphatic rings. The van der Waals surface area contributed by atoms with Crippen molar-refractivity contribution in [2.45, 2.75) is 45.6 Å². The van der Waals surface area contributed by atoms with Crippen molar-refractivity contribution in [1.29, 1.82) is 0 Å². The molecule has 1 aliphatic heterocycles. The van der Waals surface area contributed by atoms with E-state index in [1.54, 1.807) is 0 Å². The summed E-state index contributed by atoms with van der Waals surface area (Å²) in [5, 5.41) is 0. The number of rotatable bonds is 5. The van der Waals surface area contributed by atoms with Crippen molar-refractivity contribution < 1.29 is 4.74 Å². The van der Waals surface area contributed by atoms with Gasteiger partial charge in [0.1, 0.15) is 0 Å². The molecule has 1 saturated heterocycles. The van der Waals surface area contributed by atoms with Crippen LogP contribution in [0.5, 0.6) is 0 Å². The first-order valence-electron chi connectivity index (χ1n) is 6.44. The Hall–Kier alpha value is -0.770. The molecule has 1 unspecified atom stereocenters. The van der Waals surface area contributed by atoms with Crippen LogP contribution in [-0.4, -0.2) is 43.2 Å². The molecule has 0 aromatic heterocycles. The highest BCUT2D eigenvalue weighted by Gasteiger charge is 2.21. The number of piperidine rings is 1. The van der Waals surface area contributed by atoms with Crippen molar-refractivity contribution in [1.82, 2.24) is 4.90 Å². The van der Waals surface area contributed by atoms with Crippen molar-refractivity contribution in [3.05, 3.63) is 0 Å². The van der Waals surface area contributed by atoms with Crippen LogP contribution < -0.4 is 5.73 Å². The maximum Gasteiger partial charge on any atom is 0.191 e. The van der Waals surface area contributed by atoms with Crippen molar-refractivity contribution in [3.63, 3.8) is 0 Å². The lowest BCUT2D eigenvalue weighted by Crippen LogP contribution is -2.46. The van der Waals surface area contributed by atoms with Crippen LogP contribution in [-0.2, 0) is 4.74 Å². The van der Waals surface area contributed by atoms with Crippen LogP contribution in [0, 0.1) is 0 Å². The summed E-state index contributed by atoms with van der Waals surface area (Å²) in [7, 11) is 0. The molecule has 1 fully saturated rings. The number of nitrogens with two attached hydrogens (primary N) is 1. The highest BCUT2D eigenvalue weighted by atomic mass is 16.5. The molecular weight excluding hydrogens is 202 g/mol. The van der Waals surface area contributed by atoms with Gasteiger partial charge >= 0.3 is 0 Å². The standard InChI is InChI=1S/C12H25N3O/c1-3-7-14-12(13)15-8-5-6-11(10-15)16-9-4-2/h11H,3-10H2,1-2H3,(H2,13,14). The maximum absolute atomic E-state index is 5.95. The van der Waals surface area contributed by atoms with Crippen molar-refractivity contribution in [3.8, 4) is 0 Å². The summed E-state index contributed by atoms with van der Waals surface area (Å²) in [5.41, 5.74) is 5.95. The summed E-state index contributed by atoms with van der Waals surface area (Å²) >= 11 is 0. The Morgan fingerprint density at radius 2 is 2.25 bits per heavy atom. The molecular formula is C12H25N3O. The van der Waals surface area contributed by atoms with E-state index in [-0.39, 0.29) is 0 Å². The van der Waals surface area contributed by atoms with E-state index >= 15 is 0 Å². The number of likely N-dealkylation sites (tertiary alicyclic amines) is 1. The molecule has 0 aromatic carbocycles. The van der Waals surface area contributed by atoms with Gasteiger partial charge in [0.2, 0.25) is 0 Å². The van der Waals surface area contributed by atoms with Gasteiger partial charge in [-0.3, -0.25) is 4.99 Å². The number of nitrogens with zero attached hydrogens (tertiary/aromatic N) is 2. The average molecular weight is 227 g/mol. The van der Waals surface area contributed by atoms with Crippen LogP contribution in [0.25, 0.3) is 0 Å². The highest BCUT2D eigenvalue weighted by Crippen LogP contribution is 2.13. The maximum atomic E-state index is 5.95. The highest BCUT2D eigenvalue weighted by molar-refractivity contribution is 5.78. The van der Waals surface area contributed by atoms with Gasteiger partial charge in [0.05, 0.1) is 6.10 Å². The first-order chi connectivity index (χ1) is 7.77. The van der Waals surface area contributed by atoms with Gasteiger partial charge in [0, 0.05) is 26.2 Å². The van der Waals surface area contributed by atoms with Crippen molar-refractivity contribution in [2.24, 2.45) is 10.7 Å². The minimum atomic E-state index is 0.337. The van der Waals surface area contributed by atoms with E-state index in [9.17, 15) is 0 Å². The summed E-state index contributed by atoms with van der Waals surface area (Å²) in [6.45, 7) is 7.84. The molecule has 1 heterocycles. The van der Waals surface area contributed by atoms with Crippen LogP contribution in [0.15, 0.2) is 4.99 Å². The zero-order valence-electron chi connectivity index (χ0n) is 10.6. The van der Waals surface area contributed by atoms with E-state index in [0.717, 1.165) is 51.9 Å². The second-order valence-corrected chi connectivity index (χ2v) is 4.32. The lowest BCUT2D eigenvalue weighted by Gasteiger charge is -2.33. The second kappa shape index (κ2) is 7.49. The topological polar surface area (TPSA) is 50.8 Å². The zero-order chi connectivity index (χ0) is 11.8. The predicted molar refractivity (Wildman–Crippen MR) is 67.6 cm³/mol. The molecule has 0 aliphatic carbocycles. The first kappa shape index (κ1) is 13.3. The molecule has 0 radical (unpaired) electrons. The Bertz CT molecular complexity index is 218. The van der Waals surface area contributed by atoms with E-state index in [4.69, 9.17) is 10.5 Å². The number of hydrogen-bond acceptors (Lipinski definition) is 2. The molecule has 4 heteroatoms. The van der Waals surface area contributed by atoms with Gasteiger partial charge in [-0.1, -0.05) is 13.8 Å². The fraction of sp³-hybridized carbons (Fsp3) is 0.917. The minimum Gasteiger partial charge on any atom is -0.376 e. The number of ether oxygens (including phenoxy) is 1. The van der Waals surface area contributed by atoms with Crippen LogP contribution in [0.1, 0.15) is 39.5 Å². The predicted octanol–water partition coefficient (Wildman–Crippen LogP) is 1.60. The molecule has 0 spiro atoms. The lowest BCUT2D eigenvalue weighted by atomic mass is 10.1. The summed E-state index contributed by atoms with van der Waals surface area (Å²) in [6, 6.07) is 0. The van der Waals surface area contributed by atoms with Crippen LogP contribution >= 0.6 is 0 Å². The van der Waals surface area contributed by atoms with E-state index < -0.39 is 0 Å². The van der Waals surface area contributed by atoms with Crippen molar-refractivity contribution in [2.75, 3.05) is 26.2 Å². The van der Waals surface area contributed by atoms with Gasteiger partial charge in [0.25, 0.3) is 0 Å². The first-order valence-corrected chi connectivity index (χ1v) is 6.44. The quantitative estimate of drug-likeness (QED) is 0.573. The van der Waals surface area contributed by atoms with E-state index in [1.165, 1.54) is 0 Å². The Morgan fingerprint density at radius 3 is 2.94 bits per heavy atom. The molecule has 94 valence electrons. The Morgan fingerprint density at radius 1 is 1.44 bits per heavy atom. The number of hydrogen-bond donors (Lipinski definition) is 1. The smallest absolute Gasteiger partial charge is 0.191 e. The Labute approximate surface area is 98.9 Å². The molecule has 0 saturated carbocycles. The number of aliphatic imine (C=N–C) groups is 1. The fourth-order valence-electron chi connectivity index (χ4n) is 1.89. The summed E-state index contributed by atoms with van der Waals surface area (Å²) < 4.78 is 5.76. The third-order valence-corrected chi connectivity index (χ3v) is 2.76.